The molecule has 3 rings (SSSR count). The number of hydrogen-bond acceptors (Lipinski definition) is 4. The average molecular weight is 410 g/mol. The maximum atomic E-state index is 12.7. The van der Waals surface area contributed by atoms with Crippen molar-refractivity contribution < 1.29 is 14.3 Å². The number of pyridine rings is 1. The van der Waals surface area contributed by atoms with Gasteiger partial charge in [0, 0.05) is 34.4 Å². The summed E-state index contributed by atoms with van der Waals surface area (Å²) in [6.45, 7) is 3.33. The number of amides is 2. The molecule has 0 aliphatic carbocycles. The number of anilines is 2. The Kier molecular flexibility index (Phi) is 6.14. The van der Waals surface area contributed by atoms with Crippen molar-refractivity contribution >= 4 is 34.8 Å². The number of carbonyl (C=O) groups excluding carboxylic acids is 2. The Morgan fingerprint density at radius 1 is 0.931 bits per heavy atom. The Bertz CT molecular complexity index is 1010. The van der Waals surface area contributed by atoms with Gasteiger partial charge in [-0.2, -0.15) is 0 Å². The van der Waals surface area contributed by atoms with Gasteiger partial charge in [0.2, 0.25) is 0 Å². The highest BCUT2D eigenvalue weighted by molar-refractivity contribution is 6.30. The quantitative estimate of drug-likeness (QED) is 0.613. The first-order chi connectivity index (χ1) is 13.8. The third-order valence-corrected chi connectivity index (χ3v) is 4.31. The fourth-order valence-corrected chi connectivity index (χ4v) is 2.63. The van der Waals surface area contributed by atoms with E-state index in [9.17, 15) is 9.59 Å². The van der Waals surface area contributed by atoms with Crippen molar-refractivity contribution in [2.45, 2.75) is 19.4 Å². The van der Waals surface area contributed by atoms with Gasteiger partial charge in [-0.1, -0.05) is 17.7 Å². The Labute approximate surface area is 173 Å². The molecule has 1 heterocycles. The molecule has 6 nitrogen and oxygen atoms in total. The van der Waals surface area contributed by atoms with Crippen molar-refractivity contribution in [3.8, 4) is 5.75 Å². The van der Waals surface area contributed by atoms with Gasteiger partial charge >= 0.3 is 0 Å². The number of nitrogens with zero attached hydrogens (tertiary/aromatic N) is 1. The lowest BCUT2D eigenvalue weighted by atomic mass is 10.1. The smallest absolute Gasteiger partial charge is 0.267 e. The minimum Gasteiger partial charge on any atom is -0.478 e. The first kappa shape index (κ1) is 20.4. The Balaban J connectivity index is 1.67. The topological polar surface area (TPSA) is 80.3 Å². The van der Waals surface area contributed by atoms with Gasteiger partial charge in [-0.25, -0.2) is 0 Å². The van der Waals surface area contributed by atoms with E-state index in [-0.39, 0.29) is 11.8 Å². The van der Waals surface area contributed by atoms with E-state index in [2.05, 4.69) is 15.6 Å². The monoisotopic (exact) mass is 409 g/mol. The second-order valence-corrected chi connectivity index (χ2v) is 7.23. The number of ether oxygens (including phenoxy) is 1. The lowest BCUT2D eigenvalue weighted by molar-refractivity contribution is -0.128. The zero-order valence-corrected chi connectivity index (χ0v) is 16.7. The minimum absolute atomic E-state index is 0.288. The van der Waals surface area contributed by atoms with Crippen LogP contribution in [0.4, 0.5) is 11.4 Å². The summed E-state index contributed by atoms with van der Waals surface area (Å²) in [7, 11) is 0. The number of carbonyl (C=O) groups is 2. The third-order valence-electron chi connectivity index (χ3n) is 4.05. The van der Waals surface area contributed by atoms with E-state index in [0.717, 1.165) is 0 Å². The predicted octanol–water partition coefficient (Wildman–Crippen LogP) is 4.78. The van der Waals surface area contributed by atoms with Crippen LogP contribution in [0.1, 0.15) is 24.2 Å². The molecule has 2 amide bonds. The summed E-state index contributed by atoms with van der Waals surface area (Å²) in [6.07, 6.45) is 3.18. The van der Waals surface area contributed by atoms with Crippen molar-refractivity contribution in [2.75, 3.05) is 10.6 Å². The minimum atomic E-state index is -1.14. The molecule has 148 valence electrons. The summed E-state index contributed by atoms with van der Waals surface area (Å²) >= 11 is 5.87. The lowest BCUT2D eigenvalue weighted by Gasteiger charge is -2.25. The standard InChI is InChI=1S/C22H20ClN3O3/c1-22(2,29-19-8-6-16(23)7-9-19)21(28)26-18-5-3-4-15(14-18)20(27)25-17-10-12-24-13-11-17/h3-14H,1-2H3,(H,26,28)(H,24,25,27). The van der Waals surface area contributed by atoms with Crippen LogP contribution in [0.2, 0.25) is 5.02 Å². The number of rotatable bonds is 6. The molecule has 2 N–H and O–H groups in total. The molecule has 29 heavy (non-hydrogen) atoms. The molecule has 0 radical (unpaired) electrons. The van der Waals surface area contributed by atoms with Crippen LogP contribution in [0.15, 0.2) is 73.1 Å². The van der Waals surface area contributed by atoms with Crippen molar-refractivity contribution in [3.63, 3.8) is 0 Å². The van der Waals surface area contributed by atoms with E-state index in [0.29, 0.717) is 27.7 Å². The van der Waals surface area contributed by atoms with Crippen LogP contribution >= 0.6 is 11.6 Å². The maximum absolute atomic E-state index is 12.7. The van der Waals surface area contributed by atoms with Crippen molar-refractivity contribution in [1.82, 2.24) is 4.98 Å². The Hall–Kier alpha value is -3.38. The van der Waals surface area contributed by atoms with E-state index in [4.69, 9.17) is 16.3 Å². The van der Waals surface area contributed by atoms with E-state index >= 15 is 0 Å². The van der Waals surface area contributed by atoms with Gasteiger partial charge in [-0.3, -0.25) is 14.6 Å². The van der Waals surface area contributed by atoms with E-state index in [1.165, 1.54) is 0 Å². The highest BCUT2D eigenvalue weighted by Gasteiger charge is 2.30. The molecule has 0 aliphatic rings. The molecule has 0 spiro atoms. The van der Waals surface area contributed by atoms with Gasteiger partial charge in [0.15, 0.2) is 5.60 Å². The number of halogens is 1. The Morgan fingerprint density at radius 2 is 1.62 bits per heavy atom. The van der Waals surface area contributed by atoms with Crippen LogP contribution in [0.25, 0.3) is 0 Å². The van der Waals surface area contributed by atoms with Gasteiger partial charge in [0.05, 0.1) is 0 Å². The molecule has 0 unspecified atom stereocenters. The highest BCUT2D eigenvalue weighted by atomic mass is 35.5. The fraction of sp³-hybridized carbons (Fsp3) is 0.136. The largest absolute Gasteiger partial charge is 0.478 e. The lowest BCUT2D eigenvalue weighted by Crippen LogP contribution is -2.42. The zero-order valence-electron chi connectivity index (χ0n) is 16.0. The van der Waals surface area contributed by atoms with E-state index in [1.54, 1.807) is 86.9 Å². The fourth-order valence-electron chi connectivity index (χ4n) is 2.50. The van der Waals surface area contributed by atoms with Gasteiger partial charge in [0.25, 0.3) is 11.8 Å². The molecule has 0 atom stereocenters. The second kappa shape index (κ2) is 8.75. The summed E-state index contributed by atoms with van der Waals surface area (Å²) in [6, 6.07) is 16.8. The van der Waals surface area contributed by atoms with Gasteiger partial charge in [0.1, 0.15) is 5.75 Å². The molecule has 0 bridgehead atoms. The number of hydrogen-bond donors (Lipinski definition) is 2. The molecule has 0 saturated carbocycles. The first-order valence-corrected chi connectivity index (χ1v) is 9.29. The van der Waals surface area contributed by atoms with Crippen LogP contribution in [0.3, 0.4) is 0 Å². The molecule has 1 aromatic heterocycles. The Morgan fingerprint density at radius 3 is 2.31 bits per heavy atom. The maximum Gasteiger partial charge on any atom is 0.267 e. The normalized spacial score (nSPS) is 10.9. The van der Waals surface area contributed by atoms with Crippen molar-refractivity contribution in [1.29, 1.82) is 0 Å². The summed E-state index contributed by atoms with van der Waals surface area (Å²) in [5.74, 6) is -0.108. The van der Waals surface area contributed by atoms with E-state index in [1.807, 2.05) is 0 Å². The first-order valence-electron chi connectivity index (χ1n) is 8.91. The van der Waals surface area contributed by atoms with Crippen molar-refractivity contribution in [3.05, 3.63) is 83.6 Å². The average Bonchev–Trinajstić information content (AvgIpc) is 2.70. The van der Waals surface area contributed by atoms with Crippen LogP contribution in [0, 0.1) is 0 Å². The molecule has 0 saturated heterocycles. The van der Waals surface area contributed by atoms with Crippen LogP contribution in [-0.4, -0.2) is 22.4 Å². The number of benzene rings is 2. The van der Waals surface area contributed by atoms with Crippen LogP contribution in [0.5, 0.6) is 5.75 Å². The zero-order chi connectivity index (χ0) is 20.9. The number of aromatic nitrogens is 1. The molecule has 0 aliphatic heterocycles. The van der Waals surface area contributed by atoms with Crippen molar-refractivity contribution in [2.24, 2.45) is 0 Å². The second-order valence-electron chi connectivity index (χ2n) is 6.79. The van der Waals surface area contributed by atoms with Gasteiger partial charge < -0.3 is 15.4 Å². The highest BCUT2D eigenvalue weighted by Crippen LogP contribution is 2.22. The van der Waals surface area contributed by atoms with Crippen LogP contribution < -0.4 is 15.4 Å². The van der Waals surface area contributed by atoms with E-state index < -0.39 is 5.60 Å². The van der Waals surface area contributed by atoms with Gasteiger partial charge in [-0.05, 0) is 68.4 Å². The summed E-state index contributed by atoms with van der Waals surface area (Å²) < 4.78 is 5.79. The molecule has 0 fully saturated rings. The third kappa shape index (κ3) is 5.56. The number of nitrogens with one attached hydrogen (secondary N) is 2. The summed E-state index contributed by atoms with van der Waals surface area (Å²) in [5.41, 5.74) is 0.404. The molecule has 2 aromatic carbocycles. The van der Waals surface area contributed by atoms with Gasteiger partial charge in [-0.15, -0.1) is 0 Å². The summed E-state index contributed by atoms with van der Waals surface area (Å²) in [5, 5.41) is 6.16. The molecular weight excluding hydrogens is 390 g/mol. The molecular formula is C22H20ClN3O3. The predicted molar refractivity (Wildman–Crippen MR) is 113 cm³/mol. The molecule has 3 aromatic rings. The van der Waals surface area contributed by atoms with Crippen LogP contribution in [-0.2, 0) is 4.79 Å². The SMILES string of the molecule is CC(C)(Oc1ccc(Cl)cc1)C(=O)Nc1cccc(C(=O)Nc2ccncc2)c1. The molecule has 7 heteroatoms. The summed E-state index contributed by atoms with van der Waals surface area (Å²) in [4.78, 5) is 29.1.